The van der Waals surface area contributed by atoms with Gasteiger partial charge in [0.15, 0.2) is 0 Å². The zero-order chi connectivity index (χ0) is 17.7. The van der Waals surface area contributed by atoms with E-state index in [1.807, 2.05) is 0 Å². The van der Waals surface area contributed by atoms with E-state index in [0.717, 1.165) is 23.8 Å². The van der Waals surface area contributed by atoms with Gasteiger partial charge < -0.3 is 10.6 Å². The van der Waals surface area contributed by atoms with Crippen molar-refractivity contribution in [2.45, 2.75) is 12.7 Å². The Morgan fingerprint density at radius 2 is 1.75 bits per heavy atom. The molecule has 0 fully saturated rings. The van der Waals surface area contributed by atoms with E-state index < -0.39 is 17.6 Å². The molecule has 0 unspecified atom stereocenters. The van der Waals surface area contributed by atoms with Crippen molar-refractivity contribution in [3.63, 3.8) is 0 Å². The van der Waals surface area contributed by atoms with Crippen molar-refractivity contribution < 1.29 is 22.4 Å². The summed E-state index contributed by atoms with van der Waals surface area (Å²) in [7, 11) is 0. The van der Waals surface area contributed by atoms with Crippen molar-refractivity contribution in [2.24, 2.45) is 0 Å². The highest BCUT2D eigenvalue weighted by molar-refractivity contribution is 6.33. The highest BCUT2D eigenvalue weighted by atomic mass is 35.5. The highest BCUT2D eigenvalue weighted by Crippen LogP contribution is 2.33. The van der Waals surface area contributed by atoms with Gasteiger partial charge in [-0.15, -0.1) is 0 Å². The summed E-state index contributed by atoms with van der Waals surface area (Å²) in [5.74, 6) is -0.908. The van der Waals surface area contributed by atoms with Gasteiger partial charge in [0.25, 0.3) is 0 Å². The summed E-state index contributed by atoms with van der Waals surface area (Å²) in [6, 6.07) is 8.39. The normalized spacial score (nSPS) is 11.4. The molecular formula is C16H13ClF4N2O. The Balaban J connectivity index is 1.91. The van der Waals surface area contributed by atoms with Crippen LogP contribution in [-0.2, 0) is 17.5 Å². The predicted molar refractivity (Wildman–Crippen MR) is 83.2 cm³/mol. The van der Waals surface area contributed by atoms with E-state index in [2.05, 4.69) is 10.6 Å². The summed E-state index contributed by atoms with van der Waals surface area (Å²) in [5.41, 5.74) is -0.247. The van der Waals surface area contributed by atoms with E-state index in [-0.39, 0.29) is 23.1 Å². The average Bonchev–Trinajstić information content (AvgIpc) is 2.50. The summed E-state index contributed by atoms with van der Waals surface area (Å²) in [5, 5.41) is 5.14. The maximum absolute atomic E-state index is 12.8. The fraction of sp³-hybridized carbons (Fsp3) is 0.188. The van der Waals surface area contributed by atoms with Gasteiger partial charge in [-0.05, 0) is 35.9 Å². The molecule has 0 aliphatic heterocycles. The minimum absolute atomic E-state index is 0.00915. The number of carbonyl (C=O) groups is 1. The summed E-state index contributed by atoms with van der Waals surface area (Å²) in [6.07, 6.45) is -4.52. The lowest BCUT2D eigenvalue weighted by Gasteiger charge is -2.12. The minimum Gasteiger partial charge on any atom is -0.324 e. The fourth-order valence-corrected chi connectivity index (χ4v) is 2.08. The minimum atomic E-state index is -4.52. The van der Waals surface area contributed by atoms with Crippen molar-refractivity contribution in [1.82, 2.24) is 5.32 Å². The molecule has 0 aliphatic rings. The van der Waals surface area contributed by atoms with Crippen LogP contribution in [0.15, 0.2) is 42.5 Å². The first kappa shape index (κ1) is 18.2. The first-order valence-electron chi connectivity index (χ1n) is 6.87. The lowest BCUT2D eigenvalue weighted by atomic mass is 10.2. The summed E-state index contributed by atoms with van der Waals surface area (Å²) in [6.45, 7) is 0.175. The lowest BCUT2D eigenvalue weighted by Crippen LogP contribution is -2.28. The Morgan fingerprint density at radius 3 is 2.38 bits per heavy atom. The van der Waals surface area contributed by atoms with E-state index in [0.29, 0.717) is 6.54 Å². The van der Waals surface area contributed by atoms with Crippen molar-refractivity contribution in [2.75, 3.05) is 11.9 Å². The van der Waals surface area contributed by atoms with E-state index in [1.54, 1.807) is 12.1 Å². The number of carbonyl (C=O) groups excluding carboxylic acids is 1. The van der Waals surface area contributed by atoms with Gasteiger partial charge in [-0.1, -0.05) is 23.7 Å². The van der Waals surface area contributed by atoms with E-state index >= 15 is 0 Å². The summed E-state index contributed by atoms with van der Waals surface area (Å²) < 4.78 is 50.7. The van der Waals surface area contributed by atoms with Gasteiger partial charge in [0.05, 0.1) is 22.8 Å². The molecule has 2 aromatic rings. The SMILES string of the molecule is O=C(CNCc1ccc(F)cc1)Nc1cc(C(F)(F)F)ccc1Cl. The second-order valence-corrected chi connectivity index (χ2v) is 5.38. The van der Waals surface area contributed by atoms with E-state index in [1.165, 1.54) is 12.1 Å². The van der Waals surface area contributed by atoms with Gasteiger partial charge in [0.1, 0.15) is 5.82 Å². The van der Waals surface area contributed by atoms with Crippen molar-refractivity contribution in [3.05, 3.63) is 64.4 Å². The van der Waals surface area contributed by atoms with Crippen LogP contribution < -0.4 is 10.6 Å². The molecule has 24 heavy (non-hydrogen) atoms. The second-order valence-electron chi connectivity index (χ2n) is 4.97. The molecule has 0 bridgehead atoms. The molecule has 8 heteroatoms. The quantitative estimate of drug-likeness (QED) is 0.784. The smallest absolute Gasteiger partial charge is 0.324 e. The van der Waals surface area contributed by atoms with Crippen LogP contribution in [0.5, 0.6) is 0 Å². The standard InChI is InChI=1S/C16H13ClF4N2O/c17-13-6-3-11(16(19,20)21)7-14(13)23-15(24)9-22-8-10-1-4-12(18)5-2-10/h1-7,22H,8-9H2,(H,23,24). The predicted octanol–water partition coefficient (Wildman–Crippen LogP) is 4.23. The molecule has 2 N–H and O–H groups in total. The van der Waals surface area contributed by atoms with Crippen LogP contribution in [0.1, 0.15) is 11.1 Å². The average molecular weight is 361 g/mol. The Kier molecular flexibility index (Phi) is 5.80. The first-order chi connectivity index (χ1) is 11.3. The molecule has 0 spiro atoms. The van der Waals surface area contributed by atoms with Crippen molar-refractivity contribution >= 4 is 23.2 Å². The van der Waals surface area contributed by atoms with Crippen molar-refractivity contribution in [1.29, 1.82) is 0 Å². The molecule has 1 amide bonds. The van der Waals surface area contributed by atoms with Crippen LogP contribution in [0.2, 0.25) is 5.02 Å². The Hall–Kier alpha value is -2.12. The summed E-state index contributed by atoms with van der Waals surface area (Å²) >= 11 is 5.80. The number of hydrogen-bond acceptors (Lipinski definition) is 2. The maximum atomic E-state index is 12.8. The van der Waals surface area contributed by atoms with Crippen LogP contribution in [0.3, 0.4) is 0 Å². The first-order valence-corrected chi connectivity index (χ1v) is 7.25. The number of rotatable bonds is 5. The number of nitrogens with one attached hydrogen (secondary N) is 2. The number of benzene rings is 2. The molecule has 128 valence electrons. The molecule has 0 aliphatic carbocycles. The van der Waals surface area contributed by atoms with Gasteiger partial charge in [0, 0.05) is 6.54 Å². The molecule has 2 rings (SSSR count). The highest BCUT2D eigenvalue weighted by Gasteiger charge is 2.31. The third-order valence-corrected chi connectivity index (χ3v) is 3.43. The van der Waals surface area contributed by atoms with Crippen LogP contribution >= 0.6 is 11.6 Å². The van der Waals surface area contributed by atoms with Gasteiger partial charge in [-0.25, -0.2) is 4.39 Å². The largest absolute Gasteiger partial charge is 0.416 e. The van der Waals surface area contributed by atoms with Crippen molar-refractivity contribution in [3.8, 4) is 0 Å². The van der Waals surface area contributed by atoms with E-state index in [4.69, 9.17) is 11.6 Å². The van der Waals surface area contributed by atoms with Crippen LogP contribution in [0.25, 0.3) is 0 Å². The molecule has 0 heterocycles. The molecule has 3 nitrogen and oxygen atoms in total. The second kappa shape index (κ2) is 7.63. The topological polar surface area (TPSA) is 41.1 Å². The van der Waals surface area contributed by atoms with E-state index in [9.17, 15) is 22.4 Å². The van der Waals surface area contributed by atoms with Gasteiger partial charge in [-0.2, -0.15) is 13.2 Å². The number of amides is 1. The van der Waals surface area contributed by atoms with Gasteiger partial charge in [0.2, 0.25) is 5.91 Å². The molecule has 0 saturated carbocycles. The maximum Gasteiger partial charge on any atom is 0.416 e. The number of anilines is 1. The van der Waals surface area contributed by atoms with Crippen LogP contribution in [-0.4, -0.2) is 12.5 Å². The van der Waals surface area contributed by atoms with Crippen LogP contribution in [0, 0.1) is 5.82 Å². The Labute approximate surface area is 140 Å². The van der Waals surface area contributed by atoms with Gasteiger partial charge >= 0.3 is 6.18 Å². The number of hydrogen-bond donors (Lipinski definition) is 2. The zero-order valence-electron chi connectivity index (χ0n) is 12.3. The Morgan fingerprint density at radius 1 is 1.08 bits per heavy atom. The molecular weight excluding hydrogens is 348 g/mol. The molecule has 0 atom stereocenters. The molecule has 2 aromatic carbocycles. The monoisotopic (exact) mass is 360 g/mol. The molecule has 0 saturated heterocycles. The molecule has 0 aromatic heterocycles. The molecule has 0 radical (unpaired) electrons. The number of halogens is 5. The van der Waals surface area contributed by atoms with Crippen LogP contribution in [0.4, 0.5) is 23.2 Å². The summed E-state index contributed by atoms with van der Waals surface area (Å²) in [4.78, 5) is 11.8. The lowest BCUT2D eigenvalue weighted by molar-refractivity contribution is -0.137. The fourth-order valence-electron chi connectivity index (χ4n) is 1.91. The third-order valence-electron chi connectivity index (χ3n) is 3.10. The van der Waals surface area contributed by atoms with Gasteiger partial charge in [-0.3, -0.25) is 4.79 Å². The zero-order valence-corrected chi connectivity index (χ0v) is 13.0. The Bertz CT molecular complexity index is 717. The third kappa shape index (κ3) is 5.21. The number of alkyl halides is 3.